The van der Waals surface area contributed by atoms with Gasteiger partial charge < -0.3 is 5.32 Å². The molecule has 0 aliphatic heterocycles. The Labute approximate surface area is 115 Å². The average Bonchev–Trinajstić information content (AvgIpc) is 2.39. The van der Waals surface area contributed by atoms with E-state index in [0.29, 0.717) is 0 Å². The largest absolute Gasteiger partial charge is 0.370 e. The van der Waals surface area contributed by atoms with Gasteiger partial charge in [-0.15, -0.1) is 0 Å². The maximum absolute atomic E-state index is 4.67. The molecule has 0 spiro atoms. The fourth-order valence-corrected chi connectivity index (χ4v) is 2.07. The third-order valence-corrected chi connectivity index (χ3v) is 2.92. The van der Waals surface area contributed by atoms with Crippen molar-refractivity contribution in [2.45, 2.75) is 33.6 Å². The van der Waals surface area contributed by atoms with Crippen LogP contribution in [-0.2, 0) is 6.42 Å². The van der Waals surface area contributed by atoms with Crippen molar-refractivity contribution in [1.82, 2.24) is 9.97 Å². The summed E-state index contributed by atoms with van der Waals surface area (Å²) in [5.74, 6) is 1.73. The number of anilines is 1. The Morgan fingerprint density at radius 2 is 1.95 bits per heavy atom. The molecule has 0 amide bonds. The third-order valence-electron chi connectivity index (χ3n) is 2.92. The molecule has 1 aromatic carbocycles. The van der Waals surface area contributed by atoms with Crippen molar-refractivity contribution in [3.05, 3.63) is 41.6 Å². The predicted octanol–water partition coefficient (Wildman–Crippen LogP) is 3.84. The second kappa shape index (κ2) is 6.32. The van der Waals surface area contributed by atoms with Gasteiger partial charge in [-0.05, 0) is 26.3 Å². The van der Waals surface area contributed by atoms with Gasteiger partial charge in [0, 0.05) is 23.9 Å². The first-order valence-electron chi connectivity index (χ1n) is 6.91. The smallest absolute Gasteiger partial charge is 0.161 e. The summed E-state index contributed by atoms with van der Waals surface area (Å²) in [6, 6.07) is 10.4. The molecule has 0 unspecified atom stereocenters. The fraction of sp³-hybridized carbons (Fsp3) is 0.375. The first kappa shape index (κ1) is 13.5. The summed E-state index contributed by atoms with van der Waals surface area (Å²) >= 11 is 0. The van der Waals surface area contributed by atoms with E-state index >= 15 is 0 Å². The molecular weight excluding hydrogens is 234 g/mol. The van der Waals surface area contributed by atoms with Crippen molar-refractivity contribution in [3.8, 4) is 11.4 Å². The van der Waals surface area contributed by atoms with Gasteiger partial charge in [0.2, 0.25) is 0 Å². The van der Waals surface area contributed by atoms with Crippen LogP contribution in [0.4, 0.5) is 5.82 Å². The summed E-state index contributed by atoms with van der Waals surface area (Å²) in [4.78, 5) is 9.26. The zero-order valence-corrected chi connectivity index (χ0v) is 11.9. The molecule has 3 nitrogen and oxygen atoms in total. The van der Waals surface area contributed by atoms with Gasteiger partial charge in [-0.2, -0.15) is 0 Å². The topological polar surface area (TPSA) is 37.8 Å². The van der Waals surface area contributed by atoms with Crippen LogP contribution in [0.3, 0.4) is 0 Å². The Morgan fingerprint density at radius 1 is 1.11 bits per heavy atom. The zero-order chi connectivity index (χ0) is 13.7. The van der Waals surface area contributed by atoms with E-state index < -0.39 is 0 Å². The number of aromatic nitrogens is 2. The van der Waals surface area contributed by atoms with Gasteiger partial charge in [0.1, 0.15) is 5.82 Å². The molecule has 3 heteroatoms. The lowest BCUT2D eigenvalue weighted by Gasteiger charge is -2.09. The Morgan fingerprint density at radius 3 is 2.63 bits per heavy atom. The standard InChI is InChI=1S/C16H21N3/c1-4-7-14-11-15(17-5-2)19-16(18-14)13-9-6-8-12(3)10-13/h6,8-11H,4-5,7H2,1-3H3,(H,17,18,19). The number of nitrogens with one attached hydrogen (secondary N) is 1. The van der Waals surface area contributed by atoms with Crippen LogP contribution < -0.4 is 5.32 Å². The first-order chi connectivity index (χ1) is 9.22. The summed E-state index contributed by atoms with van der Waals surface area (Å²) in [5, 5.41) is 3.28. The molecule has 2 aromatic rings. The van der Waals surface area contributed by atoms with Gasteiger partial charge in [-0.25, -0.2) is 9.97 Å². The van der Waals surface area contributed by atoms with E-state index in [-0.39, 0.29) is 0 Å². The highest BCUT2D eigenvalue weighted by Crippen LogP contribution is 2.19. The molecule has 0 saturated heterocycles. The number of nitrogens with zero attached hydrogens (tertiary/aromatic N) is 2. The molecule has 19 heavy (non-hydrogen) atoms. The Kier molecular flexibility index (Phi) is 4.50. The number of benzene rings is 1. The van der Waals surface area contributed by atoms with Crippen molar-refractivity contribution >= 4 is 5.82 Å². The lowest BCUT2D eigenvalue weighted by atomic mass is 10.1. The van der Waals surface area contributed by atoms with E-state index in [0.717, 1.165) is 42.3 Å². The molecule has 1 N–H and O–H groups in total. The van der Waals surface area contributed by atoms with Crippen LogP contribution in [0.25, 0.3) is 11.4 Å². The maximum Gasteiger partial charge on any atom is 0.161 e. The van der Waals surface area contributed by atoms with Gasteiger partial charge in [-0.1, -0.05) is 37.1 Å². The van der Waals surface area contributed by atoms with Crippen LogP contribution >= 0.6 is 0 Å². The summed E-state index contributed by atoms with van der Waals surface area (Å²) in [6.07, 6.45) is 2.08. The summed E-state index contributed by atoms with van der Waals surface area (Å²) in [5.41, 5.74) is 3.41. The summed E-state index contributed by atoms with van der Waals surface area (Å²) in [6.45, 7) is 7.20. The number of rotatable bonds is 5. The van der Waals surface area contributed by atoms with Crippen molar-refractivity contribution in [3.63, 3.8) is 0 Å². The van der Waals surface area contributed by atoms with E-state index in [4.69, 9.17) is 0 Å². The normalized spacial score (nSPS) is 10.5. The second-order valence-electron chi connectivity index (χ2n) is 4.72. The Bertz CT molecular complexity index is 525. The highest BCUT2D eigenvalue weighted by atomic mass is 15.0. The van der Waals surface area contributed by atoms with Crippen LogP contribution in [0.1, 0.15) is 31.5 Å². The molecule has 1 heterocycles. The molecule has 0 aliphatic carbocycles. The highest BCUT2D eigenvalue weighted by molar-refractivity contribution is 5.58. The van der Waals surface area contributed by atoms with Crippen molar-refractivity contribution in [2.75, 3.05) is 11.9 Å². The summed E-state index contributed by atoms with van der Waals surface area (Å²) in [7, 11) is 0. The van der Waals surface area contributed by atoms with E-state index in [1.807, 2.05) is 12.1 Å². The third kappa shape index (κ3) is 3.53. The van der Waals surface area contributed by atoms with Crippen molar-refractivity contribution in [1.29, 1.82) is 0 Å². The van der Waals surface area contributed by atoms with Gasteiger partial charge in [0.05, 0.1) is 0 Å². The number of hydrogen-bond donors (Lipinski definition) is 1. The van der Waals surface area contributed by atoms with Gasteiger partial charge >= 0.3 is 0 Å². The van der Waals surface area contributed by atoms with Gasteiger partial charge in [-0.3, -0.25) is 0 Å². The average molecular weight is 255 g/mol. The van der Waals surface area contributed by atoms with E-state index in [9.17, 15) is 0 Å². The highest BCUT2D eigenvalue weighted by Gasteiger charge is 2.06. The molecule has 0 bridgehead atoms. The predicted molar refractivity (Wildman–Crippen MR) is 80.4 cm³/mol. The number of hydrogen-bond acceptors (Lipinski definition) is 3. The molecule has 0 atom stereocenters. The van der Waals surface area contributed by atoms with Crippen LogP contribution in [0, 0.1) is 6.92 Å². The SMILES string of the molecule is CCCc1cc(NCC)nc(-c2cccc(C)c2)n1. The van der Waals surface area contributed by atoms with Gasteiger partial charge in [0.15, 0.2) is 5.82 Å². The monoisotopic (exact) mass is 255 g/mol. The van der Waals surface area contributed by atoms with E-state index in [1.165, 1.54) is 5.56 Å². The van der Waals surface area contributed by atoms with Crippen LogP contribution in [0.5, 0.6) is 0 Å². The minimum atomic E-state index is 0.811. The lowest BCUT2D eigenvalue weighted by Crippen LogP contribution is -2.04. The minimum absolute atomic E-state index is 0.811. The molecule has 100 valence electrons. The number of aryl methyl sites for hydroxylation is 2. The Balaban J connectivity index is 2.43. The molecule has 0 saturated carbocycles. The van der Waals surface area contributed by atoms with Crippen LogP contribution in [0.2, 0.25) is 0 Å². The van der Waals surface area contributed by atoms with Crippen molar-refractivity contribution in [2.24, 2.45) is 0 Å². The molecular formula is C16H21N3. The van der Waals surface area contributed by atoms with Crippen LogP contribution in [-0.4, -0.2) is 16.5 Å². The van der Waals surface area contributed by atoms with E-state index in [1.54, 1.807) is 0 Å². The zero-order valence-electron chi connectivity index (χ0n) is 11.9. The first-order valence-corrected chi connectivity index (χ1v) is 6.91. The molecule has 0 aliphatic rings. The fourth-order valence-electron chi connectivity index (χ4n) is 2.07. The van der Waals surface area contributed by atoms with Crippen molar-refractivity contribution < 1.29 is 0 Å². The summed E-state index contributed by atoms with van der Waals surface area (Å²) < 4.78 is 0. The minimum Gasteiger partial charge on any atom is -0.370 e. The second-order valence-corrected chi connectivity index (χ2v) is 4.72. The van der Waals surface area contributed by atoms with Crippen LogP contribution in [0.15, 0.2) is 30.3 Å². The maximum atomic E-state index is 4.67. The van der Waals surface area contributed by atoms with Gasteiger partial charge in [0.25, 0.3) is 0 Å². The molecule has 0 radical (unpaired) electrons. The Hall–Kier alpha value is -1.90. The molecule has 2 rings (SSSR count). The van der Waals surface area contributed by atoms with E-state index in [2.05, 4.69) is 54.3 Å². The lowest BCUT2D eigenvalue weighted by molar-refractivity contribution is 0.875. The quantitative estimate of drug-likeness (QED) is 0.882. The molecule has 1 aromatic heterocycles. The molecule has 0 fully saturated rings.